The number of benzene rings is 2. The van der Waals surface area contributed by atoms with Crippen molar-refractivity contribution in [3.63, 3.8) is 0 Å². The largest absolute Gasteiger partial charge is 0.504 e. The van der Waals surface area contributed by atoms with E-state index in [0.717, 1.165) is 0 Å². The first-order valence-electron chi connectivity index (χ1n) is 11.2. The third-order valence-corrected chi connectivity index (χ3v) is 7.48. The zero-order chi connectivity index (χ0) is 26.9. The molecule has 2 heterocycles. The Morgan fingerprint density at radius 2 is 1.81 bits per heavy atom. The van der Waals surface area contributed by atoms with Gasteiger partial charge in [0.2, 0.25) is 0 Å². The van der Waals surface area contributed by atoms with E-state index in [2.05, 4.69) is 20.9 Å². The highest BCUT2D eigenvalue weighted by Gasteiger charge is 2.35. The van der Waals surface area contributed by atoms with Gasteiger partial charge in [-0.1, -0.05) is 33.3 Å². The highest BCUT2D eigenvalue weighted by molar-refractivity contribution is 9.10. The fourth-order valence-corrected chi connectivity index (χ4v) is 5.70. The molecule has 0 saturated heterocycles. The van der Waals surface area contributed by atoms with Crippen LogP contribution >= 0.6 is 27.3 Å². The van der Waals surface area contributed by atoms with Crippen molar-refractivity contribution in [1.29, 1.82) is 0 Å². The summed E-state index contributed by atoms with van der Waals surface area (Å²) in [6.45, 7) is 3.60. The van der Waals surface area contributed by atoms with Crippen LogP contribution in [-0.4, -0.2) is 43.6 Å². The summed E-state index contributed by atoms with van der Waals surface area (Å²) in [5.41, 5.74) is 1.55. The van der Waals surface area contributed by atoms with Gasteiger partial charge in [0.1, 0.15) is 0 Å². The standard InChI is InChI=1S/C26H25BrN2O7S/c1-6-36-25(32)22-13(2)28-26-29(23(22)15-11-19(34-4)20(35-5)12-16(15)27)24(31)21(37-26)10-14-7-8-18(33-3)17(30)9-14/h7-12,23,30H,6H2,1-5H3/b21-10-/t23-/m1/s1. The molecule has 4 rings (SSSR count). The van der Waals surface area contributed by atoms with Gasteiger partial charge >= 0.3 is 5.97 Å². The van der Waals surface area contributed by atoms with Gasteiger partial charge in [-0.3, -0.25) is 9.36 Å². The first kappa shape index (κ1) is 26.5. The number of hydrogen-bond acceptors (Lipinski definition) is 9. The molecule has 0 radical (unpaired) electrons. The van der Waals surface area contributed by atoms with E-state index in [1.165, 1.54) is 43.3 Å². The number of aromatic hydroxyl groups is 1. The fourth-order valence-electron chi connectivity index (χ4n) is 4.11. The minimum Gasteiger partial charge on any atom is -0.504 e. The van der Waals surface area contributed by atoms with E-state index in [-0.39, 0.29) is 23.5 Å². The Morgan fingerprint density at radius 1 is 1.14 bits per heavy atom. The molecular weight excluding hydrogens is 564 g/mol. The first-order valence-corrected chi connectivity index (χ1v) is 12.8. The number of methoxy groups -OCH3 is 3. The van der Waals surface area contributed by atoms with E-state index >= 15 is 0 Å². The Bertz CT molecular complexity index is 1590. The molecule has 11 heteroatoms. The second-order valence-electron chi connectivity index (χ2n) is 7.96. The van der Waals surface area contributed by atoms with E-state index in [4.69, 9.17) is 18.9 Å². The highest BCUT2D eigenvalue weighted by atomic mass is 79.9. The van der Waals surface area contributed by atoms with Crippen LogP contribution < -0.4 is 29.1 Å². The topological polar surface area (TPSA) is 109 Å². The van der Waals surface area contributed by atoms with Crippen LogP contribution in [0.1, 0.15) is 31.0 Å². The lowest BCUT2D eigenvalue weighted by Crippen LogP contribution is -2.40. The monoisotopic (exact) mass is 588 g/mol. The summed E-state index contributed by atoms with van der Waals surface area (Å²) in [6, 6.07) is 7.47. The van der Waals surface area contributed by atoms with Gasteiger partial charge in [-0.05, 0) is 55.3 Å². The van der Waals surface area contributed by atoms with Crippen LogP contribution in [0.2, 0.25) is 0 Å². The number of fused-ring (bicyclic) bond motifs is 1. The van der Waals surface area contributed by atoms with Gasteiger partial charge in [-0.15, -0.1) is 0 Å². The van der Waals surface area contributed by atoms with Crippen LogP contribution in [0.15, 0.2) is 55.9 Å². The minimum atomic E-state index is -0.837. The number of halogens is 1. The number of aromatic nitrogens is 1. The maximum atomic E-state index is 13.8. The highest BCUT2D eigenvalue weighted by Crippen LogP contribution is 2.40. The lowest BCUT2D eigenvalue weighted by atomic mass is 9.95. The van der Waals surface area contributed by atoms with Crippen molar-refractivity contribution in [3.05, 3.63) is 76.9 Å². The van der Waals surface area contributed by atoms with E-state index in [9.17, 15) is 14.7 Å². The molecule has 1 aromatic heterocycles. The Labute approximate surface area is 225 Å². The summed E-state index contributed by atoms with van der Waals surface area (Å²) < 4.78 is 23.8. The number of thiazole rings is 1. The van der Waals surface area contributed by atoms with E-state index < -0.39 is 12.0 Å². The van der Waals surface area contributed by atoms with Gasteiger partial charge in [0.25, 0.3) is 5.56 Å². The quantitative estimate of drug-likeness (QED) is 0.422. The van der Waals surface area contributed by atoms with Crippen LogP contribution in [0.5, 0.6) is 23.0 Å². The van der Waals surface area contributed by atoms with E-state index in [0.29, 0.717) is 47.9 Å². The van der Waals surface area contributed by atoms with Crippen LogP contribution in [-0.2, 0) is 9.53 Å². The molecule has 0 unspecified atom stereocenters. The smallest absolute Gasteiger partial charge is 0.338 e. The summed E-state index contributed by atoms with van der Waals surface area (Å²) >= 11 is 4.76. The molecule has 0 aliphatic carbocycles. The van der Waals surface area contributed by atoms with Crippen LogP contribution in [0.4, 0.5) is 0 Å². The van der Waals surface area contributed by atoms with Crippen LogP contribution in [0.3, 0.4) is 0 Å². The fraction of sp³-hybridized carbons (Fsp3) is 0.269. The number of carbonyl (C=O) groups is 1. The lowest BCUT2D eigenvalue weighted by molar-refractivity contribution is -0.139. The van der Waals surface area contributed by atoms with Crippen molar-refractivity contribution < 1.29 is 28.8 Å². The molecule has 0 fully saturated rings. The molecule has 0 saturated carbocycles. The molecule has 2 aromatic carbocycles. The molecule has 0 spiro atoms. The Morgan fingerprint density at radius 3 is 2.43 bits per heavy atom. The SMILES string of the molecule is CCOC(=O)C1=C(C)N=c2s/c(=C\c3ccc(OC)c(O)c3)c(=O)n2[C@@H]1c1cc(OC)c(OC)cc1Br. The Hall–Kier alpha value is -3.57. The van der Waals surface area contributed by atoms with Crippen molar-refractivity contribution in [2.45, 2.75) is 19.9 Å². The molecule has 3 aromatic rings. The number of phenolic OH excluding ortho intramolecular Hbond substituents is 1. The number of phenols is 1. The summed E-state index contributed by atoms with van der Waals surface area (Å²) in [5.74, 6) is 0.644. The Kier molecular flexibility index (Phi) is 7.74. The predicted molar refractivity (Wildman–Crippen MR) is 142 cm³/mol. The zero-order valence-corrected chi connectivity index (χ0v) is 23.2. The first-order chi connectivity index (χ1) is 17.7. The molecule has 37 heavy (non-hydrogen) atoms. The molecule has 1 atom stereocenters. The molecule has 1 aliphatic rings. The second kappa shape index (κ2) is 10.8. The molecule has 1 N–H and O–H groups in total. The third-order valence-electron chi connectivity index (χ3n) is 5.82. The summed E-state index contributed by atoms with van der Waals surface area (Å²) in [7, 11) is 4.50. The molecule has 0 amide bonds. The lowest BCUT2D eigenvalue weighted by Gasteiger charge is -2.26. The number of allylic oxidation sites excluding steroid dienone is 1. The normalized spacial score (nSPS) is 15.2. The summed E-state index contributed by atoms with van der Waals surface area (Å²) in [4.78, 5) is 31.9. The summed E-state index contributed by atoms with van der Waals surface area (Å²) in [5, 5.41) is 10.2. The number of rotatable bonds is 7. The van der Waals surface area contributed by atoms with Crippen LogP contribution in [0, 0.1) is 0 Å². The van der Waals surface area contributed by atoms with Crippen molar-refractivity contribution in [3.8, 4) is 23.0 Å². The number of nitrogens with zero attached hydrogens (tertiary/aromatic N) is 2. The summed E-state index contributed by atoms with van der Waals surface area (Å²) in [6.07, 6.45) is 1.66. The van der Waals surface area contributed by atoms with Crippen LogP contribution in [0.25, 0.3) is 6.08 Å². The van der Waals surface area contributed by atoms with Crippen molar-refractivity contribution in [2.24, 2.45) is 4.99 Å². The molecule has 0 bridgehead atoms. The van der Waals surface area contributed by atoms with Crippen molar-refractivity contribution in [2.75, 3.05) is 27.9 Å². The zero-order valence-electron chi connectivity index (χ0n) is 20.8. The number of esters is 1. The number of ether oxygens (including phenoxy) is 4. The van der Waals surface area contributed by atoms with Gasteiger partial charge in [-0.25, -0.2) is 9.79 Å². The third kappa shape index (κ3) is 4.88. The molecule has 1 aliphatic heterocycles. The average molecular weight is 589 g/mol. The second-order valence-corrected chi connectivity index (χ2v) is 9.83. The maximum absolute atomic E-state index is 13.8. The molecule has 194 valence electrons. The molecule has 9 nitrogen and oxygen atoms in total. The number of hydrogen-bond donors (Lipinski definition) is 1. The Balaban J connectivity index is 1.99. The van der Waals surface area contributed by atoms with Gasteiger partial charge in [-0.2, -0.15) is 0 Å². The van der Waals surface area contributed by atoms with Gasteiger partial charge in [0.05, 0.1) is 49.8 Å². The maximum Gasteiger partial charge on any atom is 0.338 e. The van der Waals surface area contributed by atoms with Gasteiger partial charge in [0.15, 0.2) is 27.8 Å². The van der Waals surface area contributed by atoms with Crippen molar-refractivity contribution in [1.82, 2.24) is 4.57 Å². The van der Waals surface area contributed by atoms with E-state index in [1.54, 1.807) is 44.2 Å². The van der Waals surface area contributed by atoms with Gasteiger partial charge < -0.3 is 24.1 Å². The predicted octanol–water partition coefficient (Wildman–Crippen LogP) is 3.29. The van der Waals surface area contributed by atoms with Gasteiger partial charge in [0, 0.05) is 4.47 Å². The van der Waals surface area contributed by atoms with E-state index in [1.807, 2.05) is 0 Å². The minimum absolute atomic E-state index is 0.0448. The average Bonchev–Trinajstić information content (AvgIpc) is 3.17. The molecular formula is C26H25BrN2O7S. The van der Waals surface area contributed by atoms with Crippen molar-refractivity contribution >= 4 is 39.3 Å². The number of carbonyl (C=O) groups excluding carboxylic acids is 1.